The zero-order valence-corrected chi connectivity index (χ0v) is 11.5. The molecule has 0 amide bonds. The van der Waals surface area contributed by atoms with Crippen molar-refractivity contribution in [1.82, 2.24) is 0 Å². The Kier molecular flexibility index (Phi) is 6.43. The van der Waals surface area contributed by atoms with Gasteiger partial charge in [-0.2, -0.15) is 0 Å². The zero-order chi connectivity index (χ0) is 13.5. The quantitative estimate of drug-likeness (QED) is 0.668. The van der Waals surface area contributed by atoms with Gasteiger partial charge in [0.25, 0.3) is 0 Å². The first-order valence-corrected chi connectivity index (χ1v) is 6.08. The molecule has 0 heterocycles. The molecule has 0 aliphatic heterocycles. The number of rotatable bonds is 7. The van der Waals surface area contributed by atoms with Crippen molar-refractivity contribution in [2.45, 2.75) is 58.2 Å². The maximum absolute atomic E-state index is 9.72. The van der Waals surface area contributed by atoms with Gasteiger partial charge >= 0.3 is 0 Å². The van der Waals surface area contributed by atoms with Crippen LogP contribution in [0.5, 0.6) is 0 Å². The fraction of sp³-hybridized carbons (Fsp3) is 0.600. The normalized spacial score (nSPS) is 17.2. The zero-order valence-electron chi connectivity index (χ0n) is 11.5. The summed E-state index contributed by atoms with van der Waals surface area (Å²) in [4.78, 5) is 0. The van der Waals surface area contributed by atoms with Crippen LogP contribution in [-0.2, 0) is 0 Å². The molecule has 17 heavy (non-hydrogen) atoms. The van der Waals surface area contributed by atoms with E-state index in [9.17, 15) is 10.2 Å². The predicted molar refractivity (Wildman–Crippen MR) is 73.9 cm³/mol. The highest BCUT2D eigenvalue weighted by molar-refractivity contribution is 5.08. The van der Waals surface area contributed by atoms with E-state index >= 15 is 0 Å². The number of allylic oxidation sites excluding steroid dienone is 3. The van der Waals surface area contributed by atoms with Crippen LogP contribution in [0.4, 0.5) is 0 Å². The molecule has 1 atom stereocenters. The second kappa shape index (κ2) is 6.77. The molecule has 0 aliphatic rings. The Morgan fingerprint density at radius 3 is 2.29 bits per heavy atom. The molecule has 2 N–H and O–H groups in total. The Balaban J connectivity index is 4.04. The van der Waals surface area contributed by atoms with Gasteiger partial charge in [-0.05, 0) is 47.0 Å². The maximum Gasteiger partial charge on any atom is 0.0800 e. The van der Waals surface area contributed by atoms with Crippen LogP contribution in [0.3, 0.4) is 0 Å². The molecule has 0 fully saturated rings. The van der Waals surface area contributed by atoms with Gasteiger partial charge in [0.15, 0.2) is 0 Å². The molecule has 0 saturated heterocycles. The Hall–Kier alpha value is -0.860. The van der Waals surface area contributed by atoms with E-state index in [1.54, 1.807) is 32.9 Å². The molecule has 0 unspecified atom stereocenters. The van der Waals surface area contributed by atoms with Gasteiger partial charge in [0, 0.05) is 0 Å². The van der Waals surface area contributed by atoms with Crippen LogP contribution in [0.25, 0.3) is 0 Å². The van der Waals surface area contributed by atoms with Gasteiger partial charge in [-0.1, -0.05) is 29.9 Å². The van der Waals surface area contributed by atoms with Gasteiger partial charge in [-0.3, -0.25) is 0 Å². The summed E-state index contributed by atoms with van der Waals surface area (Å²) >= 11 is 0. The largest absolute Gasteiger partial charge is 0.386 e. The summed E-state index contributed by atoms with van der Waals surface area (Å²) in [6, 6.07) is 0. The van der Waals surface area contributed by atoms with Crippen LogP contribution < -0.4 is 0 Å². The van der Waals surface area contributed by atoms with Crippen molar-refractivity contribution in [2.24, 2.45) is 0 Å². The highest BCUT2D eigenvalue weighted by atomic mass is 16.3. The van der Waals surface area contributed by atoms with Crippen molar-refractivity contribution in [1.29, 1.82) is 0 Å². The van der Waals surface area contributed by atoms with Gasteiger partial charge in [0.1, 0.15) is 0 Å². The maximum atomic E-state index is 9.72. The molecule has 0 aromatic rings. The third-order valence-corrected chi connectivity index (χ3v) is 2.55. The number of hydrogen-bond donors (Lipinski definition) is 2. The van der Waals surface area contributed by atoms with Gasteiger partial charge in [-0.15, -0.1) is 6.58 Å². The van der Waals surface area contributed by atoms with E-state index in [1.165, 1.54) is 5.57 Å². The predicted octanol–water partition coefficient (Wildman–Crippen LogP) is 3.37. The van der Waals surface area contributed by atoms with Crippen LogP contribution in [0, 0.1) is 0 Å². The van der Waals surface area contributed by atoms with Gasteiger partial charge in [0.05, 0.1) is 11.2 Å². The van der Waals surface area contributed by atoms with E-state index in [-0.39, 0.29) is 0 Å². The summed E-state index contributed by atoms with van der Waals surface area (Å²) in [6.45, 7) is 10.9. The lowest BCUT2D eigenvalue weighted by atomic mass is 9.99. The number of hydrogen-bond acceptors (Lipinski definition) is 2. The Morgan fingerprint density at radius 2 is 1.82 bits per heavy atom. The molecule has 0 aromatic heterocycles. The number of aliphatic hydroxyl groups is 2. The summed E-state index contributed by atoms with van der Waals surface area (Å²) in [7, 11) is 0. The molecule has 98 valence electrons. The van der Waals surface area contributed by atoms with E-state index in [1.807, 2.05) is 6.08 Å². The highest BCUT2D eigenvalue weighted by Gasteiger charge is 2.13. The Labute approximate surface area is 105 Å². The van der Waals surface area contributed by atoms with Crippen LogP contribution in [0.1, 0.15) is 47.0 Å². The van der Waals surface area contributed by atoms with Crippen molar-refractivity contribution >= 4 is 0 Å². The first kappa shape index (κ1) is 16.1. The average molecular weight is 238 g/mol. The van der Waals surface area contributed by atoms with Gasteiger partial charge in [-0.25, -0.2) is 0 Å². The second-order valence-corrected chi connectivity index (χ2v) is 5.41. The molecular formula is C15H26O2. The van der Waals surface area contributed by atoms with E-state index in [2.05, 4.69) is 19.6 Å². The lowest BCUT2D eigenvalue weighted by Gasteiger charge is -2.16. The first-order chi connectivity index (χ1) is 7.66. The van der Waals surface area contributed by atoms with E-state index in [0.717, 1.165) is 12.8 Å². The molecule has 0 spiro atoms. The lowest BCUT2D eigenvalue weighted by molar-refractivity contribution is 0.103. The minimum absolute atomic E-state index is 0.684. The van der Waals surface area contributed by atoms with Gasteiger partial charge < -0.3 is 10.2 Å². The topological polar surface area (TPSA) is 40.5 Å². The Bertz CT molecular complexity index is 291. The molecule has 0 saturated carbocycles. The monoisotopic (exact) mass is 238 g/mol. The van der Waals surface area contributed by atoms with E-state index in [0.29, 0.717) is 6.42 Å². The molecule has 0 aromatic carbocycles. The minimum atomic E-state index is -0.778. The summed E-state index contributed by atoms with van der Waals surface area (Å²) in [5, 5.41) is 19.2. The highest BCUT2D eigenvalue weighted by Crippen LogP contribution is 2.15. The molecular weight excluding hydrogens is 212 g/mol. The van der Waals surface area contributed by atoms with Crippen LogP contribution in [0.15, 0.2) is 36.5 Å². The smallest absolute Gasteiger partial charge is 0.0800 e. The van der Waals surface area contributed by atoms with Crippen molar-refractivity contribution in [3.05, 3.63) is 36.5 Å². The third-order valence-electron chi connectivity index (χ3n) is 2.55. The van der Waals surface area contributed by atoms with Crippen LogP contribution in [-0.4, -0.2) is 21.4 Å². The second-order valence-electron chi connectivity index (χ2n) is 5.41. The molecule has 0 radical (unpaired) electrons. The molecule has 0 rings (SSSR count). The molecule has 2 heteroatoms. The molecule has 0 aliphatic carbocycles. The van der Waals surface area contributed by atoms with Crippen molar-refractivity contribution < 1.29 is 10.2 Å². The summed E-state index contributed by atoms with van der Waals surface area (Å²) in [6.07, 6.45) is 9.81. The Morgan fingerprint density at radius 1 is 1.24 bits per heavy atom. The van der Waals surface area contributed by atoms with Crippen LogP contribution in [0.2, 0.25) is 0 Å². The fourth-order valence-corrected chi connectivity index (χ4v) is 1.33. The fourth-order valence-electron chi connectivity index (χ4n) is 1.33. The first-order valence-electron chi connectivity index (χ1n) is 6.08. The standard InChI is InChI=1S/C15H26O2/c1-6-15(5,17)12-8-10-13(2)9-7-11-14(3,4)16/h6-7,10-11,16-17H,1,8-9,12H2,2-5H3/b11-7+,13-10+/t15-/m1/s1. The van der Waals surface area contributed by atoms with Gasteiger partial charge in [0.2, 0.25) is 0 Å². The molecule has 0 bridgehead atoms. The summed E-state index contributed by atoms with van der Waals surface area (Å²) < 4.78 is 0. The SMILES string of the molecule is C=C[C@@](C)(O)CC/C=C(\C)C/C=C/C(C)(C)O. The van der Waals surface area contributed by atoms with Crippen LogP contribution >= 0.6 is 0 Å². The third kappa shape index (κ3) is 10.0. The van der Waals surface area contributed by atoms with Crippen molar-refractivity contribution in [3.63, 3.8) is 0 Å². The minimum Gasteiger partial charge on any atom is -0.386 e. The average Bonchev–Trinajstić information content (AvgIpc) is 2.15. The van der Waals surface area contributed by atoms with Crippen molar-refractivity contribution in [2.75, 3.05) is 0 Å². The summed E-state index contributed by atoms with van der Waals surface area (Å²) in [5.74, 6) is 0. The van der Waals surface area contributed by atoms with E-state index in [4.69, 9.17) is 0 Å². The molecule has 2 nitrogen and oxygen atoms in total. The van der Waals surface area contributed by atoms with E-state index < -0.39 is 11.2 Å². The summed E-state index contributed by atoms with van der Waals surface area (Å²) in [5.41, 5.74) is -0.280. The van der Waals surface area contributed by atoms with Crippen molar-refractivity contribution in [3.8, 4) is 0 Å². The lowest BCUT2D eigenvalue weighted by Crippen LogP contribution is -2.19.